The molecule has 0 bridgehead atoms. The van der Waals surface area contributed by atoms with Gasteiger partial charge in [0.15, 0.2) is 0 Å². The van der Waals surface area contributed by atoms with Crippen LogP contribution in [0.5, 0.6) is 0 Å². The van der Waals surface area contributed by atoms with Crippen molar-refractivity contribution in [3.8, 4) is 0 Å². The van der Waals surface area contributed by atoms with Crippen molar-refractivity contribution in [3.63, 3.8) is 0 Å². The first-order chi connectivity index (χ1) is 10.3. The van der Waals surface area contributed by atoms with E-state index in [4.69, 9.17) is 5.11 Å². The predicted molar refractivity (Wildman–Crippen MR) is 93.9 cm³/mol. The maximum atomic E-state index is 8.76. The standard InChI is InChI=1S/C18H40N2O/c1-4-19(5-2)15-11-7-8-12-16-20(6-3)17-13-9-10-14-18-21/h21H,4-18H2,1-3H3. The van der Waals surface area contributed by atoms with Crippen molar-refractivity contribution in [1.82, 2.24) is 9.80 Å². The van der Waals surface area contributed by atoms with Crippen LogP contribution in [0.25, 0.3) is 0 Å². The van der Waals surface area contributed by atoms with E-state index in [0.717, 1.165) is 6.42 Å². The molecule has 0 saturated carbocycles. The molecule has 3 nitrogen and oxygen atoms in total. The fraction of sp³-hybridized carbons (Fsp3) is 1.00. The lowest BCUT2D eigenvalue weighted by molar-refractivity contribution is 0.261. The van der Waals surface area contributed by atoms with Crippen molar-refractivity contribution in [1.29, 1.82) is 0 Å². The van der Waals surface area contributed by atoms with Gasteiger partial charge in [0.1, 0.15) is 0 Å². The summed E-state index contributed by atoms with van der Waals surface area (Å²) in [5.74, 6) is 0. The summed E-state index contributed by atoms with van der Waals surface area (Å²) in [6.07, 6.45) is 10.2. The molecule has 1 N–H and O–H groups in total. The highest BCUT2D eigenvalue weighted by molar-refractivity contribution is 4.58. The zero-order valence-electron chi connectivity index (χ0n) is 14.9. The molecule has 0 aromatic heterocycles. The van der Waals surface area contributed by atoms with Gasteiger partial charge in [0, 0.05) is 6.61 Å². The molecule has 3 heteroatoms. The Labute approximate surface area is 133 Å². The van der Waals surface area contributed by atoms with Gasteiger partial charge in [-0.05, 0) is 65.0 Å². The monoisotopic (exact) mass is 300 g/mol. The van der Waals surface area contributed by atoms with Crippen molar-refractivity contribution >= 4 is 0 Å². The zero-order chi connectivity index (χ0) is 15.8. The summed E-state index contributed by atoms with van der Waals surface area (Å²) >= 11 is 0. The second-order valence-corrected chi connectivity index (χ2v) is 6.01. The van der Waals surface area contributed by atoms with E-state index in [1.807, 2.05) is 0 Å². The van der Waals surface area contributed by atoms with Crippen LogP contribution >= 0.6 is 0 Å². The third-order valence-corrected chi connectivity index (χ3v) is 4.42. The van der Waals surface area contributed by atoms with E-state index in [9.17, 15) is 0 Å². The SMILES string of the molecule is CCN(CC)CCCCCCN(CC)CCCCCCO. The summed E-state index contributed by atoms with van der Waals surface area (Å²) < 4.78 is 0. The van der Waals surface area contributed by atoms with Crippen molar-refractivity contribution in [2.75, 3.05) is 45.9 Å². The Morgan fingerprint density at radius 2 is 0.905 bits per heavy atom. The number of aliphatic hydroxyl groups is 1. The number of hydrogen-bond donors (Lipinski definition) is 1. The average molecular weight is 301 g/mol. The van der Waals surface area contributed by atoms with Gasteiger partial charge in [-0.2, -0.15) is 0 Å². The highest BCUT2D eigenvalue weighted by Gasteiger charge is 2.02. The predicted octanol–water partition coefficient (Wildman–Crippen LogP) is 3.76. The van der Waals surface area contributed by atoms with Crippen LogP contribution in [0, 0.1) is 0 Å². The maximum Gasteiger partial charge on any atom is 0.0431 e. The van der Waals surface area contributed by atoms with Crippen LogP contribution in [0.15, 0.2) is 0 Å². The summed E-state index contributed by atoms with van der Waals surface area (Å²) in [5.41, 5.74) is 0. The molecule has 0 unspecified atom stereocenters. The molecule has 0 aliphatic carbocycles. The molecular formula is C18H40N2O. The molecule has 0 aliphatic rings. The quantitative estimate of drug-likeness (QED) is 0.440. The molecule has 0 radical (unpaired) electrons. The third-order valence-electron chi connectivity index (χ3n) is 4.42. The minimum atomic E-state index is 0.352. The first-order valence-corrected chi connectivity index (χ1v) is 9.33. The molecule has 0 rings (SSSR count). The molecule has 0 fully saturated rings. The van der Waals surface area contributed by atoms with Crippen LogP contribution in [-0.2, 0) is 0 Å². The fourth-order valence-corrected chi connectivity index (χ4v) is 2.79. The maximum absolute atomic E-state index is 8.76. The van der Waals surface area contributed by atoms with Crippen molar-refractivity contribution in [2.45, 2.75) is 72.1 Å². The minimum absolute atomic E-state index is 0.352. The van der Waals surface area contributed by atoms with Crippen LogP contribution in [0.4, 0.5) is 0 Å². The van der Waals surface area contributed by atoms with Gasteiger partial charge in [-0.25, -0.2) is 0 Å². The Kier molecular flexibility index (Phi) is 16.2. The summed E-state index contributed by atoms with van der Waals surface area (Å²) in [6, 6.07) is 0. The van der Waals surface area contributed by atoms with Gasteiger partial charge in [0.05, 0.1) is 0 Å². The van der Waals surface area contributed by atoms with E-state index in [-0.39, 0.29) is 0 Å². The number of nitrogens with zero attached hydrogens (tertiary/aromatic N) is 2. The zero-order valence-corrected chi connectivity index (χ0v) is 14.9. The Bertz CT molecular complexity index is 196. The molecule has 0 spiro atoms. The second-order valence-electron chi connectivity index (χ2n) is 6.01. The summed E-state index contributed by atoms with van der Waals surface area (Å²) in [4.78, 5) is 5.11. The largest absolute Gasteiger partial charge is 0.396 e. The smallest absolute Gasteiger partial charge is 0.0431 e. The van der Waals surface area contributed by atoms with E-state index in [1.165, 1.54) is 84.2 Å². The van der Waals surface area contributed by atoms with Gasteiger partial charge >= 0.3 is 0 Å². The molecule has 0 atom stereocenters. The van der Waals surface area contributed by atoms with Crippen LogP contribution in [0.1, 0.15) is 72.1 Å². The topological polar surface area (TPSA) is 26.7 Å². The van der Waals surface area contributed by atoms with Gasteiger partial charge < -0.3 is 14.9 Å². The van der Waals surface area contributed by atoms with Gasteiger partial charge in [0.2, 0.25) is 0 Å². The molecule has 0 aliphatic heterocycles. The van der Waals surface area contributed by atoms with Gasteiger partial charge in [-0.15, -0.1) is 0 Å². The van der Waals surface area contributed by atoms with Gasteiger partial charge in [0.25, 0.3) is 0 Å². The van der Waals surface area contributed by atoms with Crippen LogP contribution in [0.3, 0.4) is 0 Å². The number of unbranched alkanes of at least 4 members (excludes halogenated alkanes) is 6. The lowest BCUT2D eigenvalue weighted by atomic mass is 10.1. The second kappa shape index (κ2) is 16.3. The Morgan fingerprint density at radius 1 is 0.524 bits per heavy atom. The first-order valence-electron chi connectivity index (χ1n) is 9.33. The van der Waals surface area contributed by atoms with Crippen molar-refractivity contribution in [2.24, 2.45) is 0 Å². The lowest BCUT2D eigenvalue weighted by Crippen LogP contribution is -2.26. The first kappa shape index (κ1) is 20.9. The average Bonchev–Trinajstić information content (AvgIpc) is 2.52. The van der Waals surface area contributed by atoms with E-state index in [0.29, 0.717) is 6.61 Å². The van der Waals surface area contributed by atoms with Crippen LogP contribution < -0.4 is 0 Å². The van der Waals surface area contributed by atoms with Gasteiger partial charge in [-0.1, -0.05) is 46.5 Å². The lowest BCUT2D eigenvalue weighted by Gasteiger charge is -2.20. The molecule has 128 valence electrons. The molecular weight excluding hydrogens is 260 g/mol. The van der Waals surface area contributed by atoms with Crippen LogP contribution in [-0.4, -0.2) is 60.8 Å². The molecule has 0 aromatic carbocycles. The molecule has 21 heavy (non-hydrogen) atoms. The summed E-state index contributed by atoms with van der Waals surface area (Å²) in [6.45, 7) is 14.5. The van der Waals surface area contributed by atoms with Crippen molar-refractivity contribution < 1.29 is 5.11 Å². The van der Waals surface area contributed by atoms with Crippen LogP contribution in [0.2, 0.25) is 0 Å². The number of rotatable bonds is 16. The third kappa shape index (κ3) is 13.3. The van der Waals surface area contributed by atoms with E-state index < -0.39 is 0 Å². The van der Waals surface area contributed by atoms with E-state index in [2.05, 4.69) is 30.6 Å². The fourth-order valence-electron chi connectivity index (χ4n) is 2.79. The summed E-state index contributed by atoms with van der Waals surface area (Å²) in [7, 11) is 0. The molecule has 0 amide bonds. The Hall–Kier alpha value is -0.120. The molecule has 0 saturated heterocycles. The van der Waals surface area contributed by atoms with Gasteiger partial charge in [-0.3, -0.25) is 0 Å². The summed E-state index contributed by atoms with van der Waals surface area (Å²) in [5, 5.41) is 8.76. The molecule has 0 heterocycles. The Morgan fingerprint density at radius 3 is 1.29 bits per heavy atom. The minimum Gasteiger partial charge on any atom is -0.396 e. The van der Waals surface area contributed by atoms with E-state index >= 15 is 0 Å². The number of hydrogen-bond acceptors (Lipinski definition) is 3. The molecule has 0 aromatic rings. The highest BCUT2D eigenvalue weighted by Crippen LogP contribution is 2.06. The highest BCUT2D eigenvalue weighted by atomic mass is 16.2. The Balaban J connectivity index is 3.42. The number of aliphatic hydroxyl groups excluding tert-OH is 1. The van der Waals surface area contributed by atoms with E-state index in [1.54, 1.807) is 0 Å². The van der Waals surface area contributed by atoms with Crippen molar-refractivity contribution in [3.05, 3.63) is 0 Å². The normalized spacial score (nSPS) is 11.7.